The van der Waals surface area contributed by atoms with Crippen molar-refractivity contribution >= 4 is 16.8 Å². The van der Waals surface area contributed by atoms with Gasteiger partial charge in [0.25, 0.3) is 5.91 Å². The van der Waals surface area contributed by atoms with Crippen LogP contribution in [0.3, 0.4) is 0 Å². The minimum absolute atomic E-state index is 0.0169. The van der Waals surface area contributed by atoms with Crippen LogP contribution in [0.25, 0.3) is 22.2 Å². The van der Waals surface area contributed by atoms with E-state index in [9.17, 15) is 10.1 Å². The topological polar surface area (TPSA) is 82.0 Å². The molecule has 3 aromatic rings. The highest BCUT2D eigenvalue weighted by Gasteiger charge is 2.44. The zero-order chi connectivity index (χ0) is 19.2. The molecule has 1 aliphatic rings. The monoisotopic (exact) mass is 360 g/mol. The third kappa shape index (κ3) is 2.51. The van der Waals surface area contributed by atoms with Crippen LogP contribution < -0.4 is 0 Å². The van der Waals surface area contributed by atoms with E-state index in [0.717, 1.165) is 27.9 Å². The molecule has 0 spiro atoms. The molecule has 0 atom stereocenters. The van der Waals surface area contributed by atoms with E-state index in [1.807, 2.05) is 44.3 Å². The summed E-state index contributed by atoms with van der Waals surface area (Å²) in [7, 11) is 1.63. The van der Waals surface area contributed by atoms with Crippen LogP contribution in [0.15, 0.2) is 36.5 Å². The molecular formula is C21H20N4O2. The van der Waals surface area contributed by atoms with Crippen molar-refractivity contribution in [2.45, 2.75) is 19.4 Å². The van der Waals surface area contributed by atoms with Gasteiger partial charge in [0.1, 0.15) is 6.07 Å². The minimum Gasteiger partial charge on any atom is -0.383 e. The van der Waals surface area contributed by atoms with Gasteiger partial charge >= 0.3 is 0 Å². The number of methoxy groups -OCH3 is 1. The second-order valence-electron chi connectivity index (χ2n) is 7.14. The number of rotatable bonds is 4. The Balaban J connectivity index is 1.82. The van der Waals surface area contributed by atoms with Crippen LogP contribution in [0.1, 0.15) is 35.5 Å². The van der Waals surface area contributed by atoms with Crippen LogP contribution >= 0.6 is 0 Å². The fraction of sp³-hybridized carbons (Fsp3) is 0.286. The van der Waals surface area contributed by atoms with Gasteiger partial charge in [-0.3, -0.25) is 4.79 Å². The second kappa shape index (κ2) is 6.22. The number of carbonyl (C=O) groups excluding carboxylic acids is 1. The van der Waals surface area contributed by atoms with Crippen molar-refractivity contribution in [2.75, 3.05) is 20.3 Å². The molecule has 0 saturated heterocycles. The van der Waals surface area contributed by atoms with Crippen LogP contribution in [-0.2, 0) is 10.3 Å². The van der Waals surface area contributed by atoms with Crippen molar-refractivity contribution in [3.05, 3.63) is 53.3 Å². The quantitative estimate of drug-likeness (QED) is 0.773. The molecule has 1 aromatic carbocycles. The van der Waals surface area contributed by atoms with Crippen molar-refractivity contribution in [1.29, 1.82) is 5.26 Å². The summed E-state index contributed by atoms with van der Waals surface area (Å²) in [5.74, 6) is -0.0169. The average molecular weight is 360 g/mol. The summed E-state index contributed by atoms with van der Waals surface area (Å²) in [6.45, 7) is 5.01. The number of para-hydroxylation sites is 1. The molecule has 1 N–H and O–H groups in total. The highest BCUT2D eigenvalue weighted by Crippen LogP contribution is 2.39. The number of nitrogens with one attached hydrogen (secondary N) is 1. The Bertz CT molecular complexity index is 1090. The predicted molar refractivity (Wildman–Crippen MR) is 102 cm³/mol. The minimum atomic E-state index is -0.509. The Kier molecular flexibility index (Phi) is 3.97. The maximum absolute atomic E-state index is 12.8. The summed E-state index contributed by atoms with van der Waals surface area (Å²) in [6.07, 6.45) is 1.87. The predicted octanol–water partition coefficient (Wildman–Crippen LogP) is 3.44. The summed E-state index contributed by atoms with van der Waals surface area (Å²) in [4.78, 5) is 22.6. The first-order valence-electron chi connectivity index (χ1n) is 8.82. The van der Waals surface area contributed by atoms with Crippen molar-refractivity contribution in [2.24, 2.45) is 0 Å². The maximum Gasteiger partial charge on any atom is 0.256 e. The molecule has 0 aliphatic carbocycles. The van der Waals surface area contributed by atoms with E-state index >= 15 is 0 Å². The van der Waals surface area contributed by atoms with Crippen LogP contribution in [-0.4, -0.2) is 41.0 Å². The Morgan fingerprint density at radius 1 is 1.26 bits per heavy atom. The van der Waals surface area contributed by atoms with Crippen molar-refractivity contribution in [3.63, 3.8) is 0 Å². The van der Waals surface area contributed by atoms with Gasteiger partial charge < -0.3 is 14.6 Å². The summed E-state index contributed by atoms with van der Waals surface area (Å²) in [5.41, 5.74) is 4.00. The van der Waals surface area contributed by atoms with Crippen molar-refractivity contribution in [3.8, 4) is 17.3 Å². The molecule has 0 bridgehead atoms. The van der Waals surface area contributed by atoms with Crippen molar-refractivity contribution in [1.82, 2.24) is 14.9 Å². The first kappa shape index (κ1) is 17.3. The average Bonchev–Trinajstić information content (AvgIpc) is 3.18. The van der Waals surface area contributed by atoms with E-state index in [0.29, 0.717) is 24.3 Å². The smallest absolute Gasteiger partial charge is 0.256 e. The fourth-order valence-electron chi connectivity index (χ4n) is 3.80. The largest absolute Gasteiger partial charge is 0.383 e. The van der Waals surface area contributed by atoms with Crippen LogP contribution in [0.4, 0.5) is 0 Å². The summed E-state index contributed by atoms with van der Waals surface area (Å²) in [6, 6.07) is 11.5. The number of aromatic amines is 1. The van der Waals surface area contributed by atoms with Gasteiger partial charge in [-0.1, -0.05) is 12.1 Å². The molecule has 0 saturated carbocycles. The molecule has 0 unspecified atom stereocenters. The lowest BCUT2D eigenvalue weighted by Crippen LogP contribution is -2.41. The molecule has 1 aliphatic heterocycles. The second-order valence-corrected chi connectivity index (χ2v) is 7.14. The lowest BCUT2D eigenvalue weighted by atomic mass is 9.98. The molecular weight excluding hydrogens is 340 g/mol. The van der Waals surface area contributed by atoms with Gasteiger partial charge in [-0.25, -0.2) is 4.98 Å². The number of nitrogens with zero attached hydrogens (tertiary/aromatic N) is 3. The molecule has 27 heavy (non-hydrogen) atoms. The molecule has 3 heterocycles. The molecule has 1 amide bonds. The van der Waals surface area contributed by atoms with E-state index < -0.39 is 5.54 Å². The van der Waals surface area contributed by atoms with Gasteiger partial charge in [-0.15, -0.1) is 0 Å². The zero-order valence-corrected chi connectivity index (χ0v) is 15.5. The number of pyridine rings is 1. The fourth-order valence-corrected chi connectivity index (χ4v) is 3.80. The number of hydrogen-bond donors (Lipinski definition) is 1. The van der Waals surface area contributed by atoms with E-state index in [1.54, 1.807) is 18.1 Å². The summed E-state index contributed by atoms with van der Waals surface area (Å²) >= 11 is 0. The Morgan fingerprint density at radius 2 is 2.07 bits per heavy atom. The molecule has 0 radical (unpaired) electrons. The van der Waals surface area contributed by atoms with Gasteiger partial charge in [0.2, 0.25) is 0 Å². The van der Waals surface area contributed by atoms with Gasteiger partial charge in [0.15, 0.2) is 0 Å². The summed E-state index contributed by atoms with van der Waals surface area (Å²) < 4.78 is 5.15. The van der Waals surface area contributed by atoms with Crippen LogP contribution in [0.2, 0.25) is 0 Å². The Labute approximate surface area is 157 Å². The van der Waals surface area contributed by atoms with Crippen LogP contribution in [0, 0.1) is 11.3 Å². The Morgan fingerprint density at radius 3 is 2.81 bits per heavy atom. The number of ether oxygens (including phenoxy) is 1. The van der Waals surface area contributed by atoms with E-state index in [-0.39, 0.29) is 5.91 Å². The number of benzene rings is 1. The number of amides is 1. The number of hydrogen-bond acceptors (Lipinski definition) is 4. The first-order chi connectivity index (χ1) is 13.0. The Hall–Kier alpha value is -3.17. The van der Waals surface area contributed by atoms with E-state index in [1.165, 1.54) is 0 Å². The molecule has 4 rings (SSSR count). The van der Waals surface area contributed by atoms with E-state index in [2.05, 4.69) is 11.1 Å². The highest BCUT2D eigenvalue weighted by molar-refractivity contribution is 6.01. The lowest BCUT2D eigenvalue weighted by molar-refractivity contribution is 0.0517. The van der Waals surface area contributed by atoms with Gasteiger partial charge in [-0.2, -0.15) is 5.26 Å². The third-order valence-corrected chi connectivity index (χ3v) is 5.26. The number of H-pyrrole nitrogens is 1. The van der Waals surface area contributed by atoms with Gasteiger partial charge in [0, 0.05) is 30.8 Å². The molecule has 0 fully saturated rings. The van der Waals surface area contributed by atoms with E-state index in [4.69, 9.17) is 9.72 Å². The first-order valence-corrected chi connectivity index (χ1v) is 8.82. The van der Waals surface area contributed by atoms with Crippen LogP contribution in [0.5, 0.6) is 0 Å². The van der Waals surface area contributed by atoms with Gasteiger partial charge in [0.05, 0.1) is 40.2 Å². The number of nitriles is 1. The molecule has 2 aromatic heterocycles. The number of carbonyl (C=O) groups is 1. The third-order valence-electron chi connectivity index (χ3n) is 5.26. The SMILES string of the molecule is COCCN1C(=O)c2ccc(-c3c[nH]c4c(C#N)cccc34)nc2C1(C)C. The van der Waals surface area contributed by atoms with Gasteiger partial charge in [-0.05, 0) is 32.0 Å². The standard InChI is InChI=1S/C21H20N4O2/c1-21(2)19-15(20(26)25(21)9-10-27-3)7-8-17(24-19)16-12-23-18-13(11-22)5-4-6-14(16)18/h4-8,12,23H,9-10H2,1-3H3. The molecule has 6 nitrogen and oxygen atoms in total. The maximum atomic E-state index is 12.8. The number of aromatic nitrogens is 2. The normalized spacial score (nSPS) is 15.2. The molecule has 136 valence electrons. The lowest BCUT2D eigenvalue weighted by Gasteiger charge is -2.31. The zero-order valence-electron chi connectivity index (χ0n) is 15.5. The molecule has 6 heteroatoms. The highest BCUT2D eigenvalue weighted by atomic mass is 16.5. The number of fused-ring (bicyclic) bond motifs is 2. The summed E-state index contributed by atoms with van der Waals surface area (Å²) in [5, 5.41) is 10.2. The van der Waals surface area contributed by atoms with Crippen molar-refractivity contribution < 1.29 is 9.53 Å².